The topological polar surface area (TPSA) is 75.2 Å². The number of rotatable bonds is 11. The number of hydrogen-bond donors (Lipinski definition) is 2. The van der Waals surface area contributed by atoms with Gasteiger partial charge < -0.3 is 25.0 Å². The van der Waals surface area contributed by atoms with Crippen LogP contribution >= 0.6 is 24.0 Å². The molecule has 0 aromatic carbocycles. The van der Waals surface area contributed by atoms with Gasteiger partial charge in [0.25, 0.3) is 0 Å². The molecule has 0 saturated heterocycles. The van der Waals surface area contributed by atoms with E-state index in [-0.39, 0.29) is 36.4 Å². The fourth-order valence-corrected chi connectivity index (χ4v) is 1.65. The molecule has 1 amide bonds. The minimum absolute atomic E-state index is 0. The van der Waals surface area contributed by atoms with Crippen LogP contribution in [-0.4, -0.2) is 77.4 Å². The van der Waals surface area contributed by atoms with Crippen molar-refractivity contribution < 1.29 is 14.3 Å². The zero-order valence-corrected chi connectivity index (χ0v) is 16.8. The summed E-state index contributed by atoms with van der Waals surface area (Å²) in [7, 11) is 5.10. The van der Waals surface area contributed by atoms with E-state index in [9.17, 15) is 4.79 Å². The van der Waals surface area contributed by atoms with Crippen molar-refractivity contribution in [1.82, 2.24) is 15.5 Å². The lowest BCUT2D eigenvalue weighted by Gasteiger charge is -2.13. The lowest BCUT2D eigenvalue weighted by molar-refractivity contribution is -0.127. The van der Waals surface area contributed by atoms with E-state index in [0.717, 1.165) is 32.1 Å². The number of carbonyl (C=O) groups is 1. The van der Waals surface area contributed by atoms with Gasteiger partial charge in [-0.3, -0.25) is 4.79 Å². The van der Waals surface area contributed by atoms with Crippen LogP contribution in [0.15, 0.2) is 4.99 Å². The number of aliphatic imine (C=N–C) groups is 1. The van der Waals surface area contributed by atoms with Gasteiger partial charge >= 0.3 is 0 Å². The van der Waals surface area contributed by atoms with E-state index >= 15 is 0 Å². The van der Waals surface area contributed by atoms with Crippen LogP contribution in [-0.2, 0) is 14.3 Å². The van der Waals surface area contributed by atoms with Gasteiger partial charge in [0.15, 0.2) is 5.96 Å². The molecule has 0 aromatic heterocycles. The van der Waals surface area contributed by atoms with Gasteiger partial charge in [-0.2, -0.15) is 0 Å². The quantitative estimate of drug-likeness (QED) is 0.213. The first kappa shape index (κ1) is 22.4. The summed E-state index contributed by atoms with van der Waals surface area (Å²) in [6.45, 7) is 3.78. The molecule has 0 atom stereocenters. The maximum Gasteiger partial charge on any atom is 0.243 e. The summed E-state index contributed by atoms with van der Waals surface area (Å²) in [5.41, 5.74) is 0. The Balaban J connectivity index is 0.00000484. The standard InChI is InChI=1S/C15H30N4O3.HI/c1-19(2)14(20)11-18-15(17-8-10-21-3)16-7-4-9-22-12-13-5-6-13;/h13H,4-12H2,1-3H3,(H2,16,17,18);1H. The van der Waals surface area contributed by atoms with E-state index in [1.807, 2.05) is 0 Å². The smallest absolute Gasteiger partial charge is 0.243 e. The van der Waals surface area contributed by atoms with Gasteiger partial charge in [-0.05, 0) is 25.2 Å². The fourth-order valence-electron chi connectivity index (χ4n) is 1.65. The van der Waals surface area contributed by atoms with Gasteiger partial charge in [-0.15, -0.1) is 24.0 Å². The molecule has 2 N–H and O–H groups in total. The predicted octanol–water partition coefficient (Wildman–Crippen LogP) is 0.691. The lowest BCUT2D eigenvalue weighted by atomic mass is 10.4. The number of amides is 1. The zero-order chi connectivity index (χ0) is 16.2. The molecule has 23 heavy (non-hydrogen) atoms. The molecule has 0 aliphatic heterocycles. The molecule has 0 heterocycles. The number of carbonyl (C=O) groups excluding carboxylic acids is 1. The molecule has 1 rings (SSSR count). The number of ether oxygens (including phenoxy) is 2. The third-order valence-corrected chi connectivity index (χ3v) is 3.28. The Kier molecular flexibility index (Phi) is 13.4. The molecule has 0 aromatic rings. The molecule has 0 unspecified atom stereocenters. The molecule has 1 aliphatic rings. The second kappa shape index (κ2) is 13.8. The van der Waals surface area contributed by atoms with Crippen molar-refractivity contribution in [3.8, 4) is 0 Å². The number of likely N-dealkylation sites (N-methyl/N-ethyl adjacent to an activating group) is 1. The van der Waals surface area contributed by atoms with Crippen molar-refractivity contribution in [3.05, 3.63) is 0 Å². The van der Waals surface area contributed by atoms with E-state index in [1.165, 1.54) is 17.7 Å². The van der Waals surface area contributed by atoms with Crippen molar-refractivity contribution in [2.75, 3.05) is 60.7 Å². The molecule has 1 aliphatic carbocycles. The highest BCUT2D eigenvalue weighted by Gasteiger charge is 2.20. The Bertz CT molecular complexity index is 350. The Morgan fingerprint density at radius 1 is 1.22 bits per heavy atom. The fraction of sp³-hybridized carbons (Fsp3) is 0.867. The monoisotopic (exact) mass is 442 g/mol. The molecule has 0 bridgehead atoms. The highest BCUT2D eigenvalue weighted by Crippen LogP contribution is 2.28. The number of halogens is 1. The van der Waals surface area contributed by atoms with Crippen molar-refractivity contribution in [2.45, 2.75) is 19.3 Å². The van der Waals surface area contributed by atoms with Gasteiger partial charge in [0.2, 0.25) is 5.91 Å². The highest BCUT2D eigenvalue weighted by atomic mass is 127. The summed E-state index contributed by atoms with van der Waals surface area (Å²) in [5, 5.41) is 6.35. The van der Waals surface area contributed by atoms with Crippen molar-refractivity contribution in [2.24, 2.45) is 10.9 Å². The Morgan fingerprint density at radius 3 is 2.52 bits per heavy atom. The summed E-state index contributed by atoms with van der Waals surface area (Å²) >= 11 is 0. The predicted molar refractivity (Wildman–Crippen MR) is 102 cm³/mol. The maximum atomic E-state index is 11.6. The molecular weight excluding hydrogens is 411 g/mol. The first-order valence-corrected chi connectivity index (χ1v) is 7.92. The van der Waals surface area contributed by atoms with Crippen LogP contribution in [0.5, 0.6) is 0 Å². The normalized spacial score (nSPS) is 14.1. The largest absolute Gasteiger partial charge is 0.383 e. The van der Waals surface area contributed by atoms with Crippen LogP contribution in [0.4, 0.5) is 0 Å². The number of methoxy groups -OCH3 is 1. The Morgan fingerprint density at radius 2 is 1.91 bits per heavy atom. The van der Waals surface area contributed by atoms with Crippen molar-refractivity contribution >= 4 is 35.8 Å². The lowest BCUT2D eigenvalue weighted by Crippen LogP contribution is -2.40. The van der Waals surface area contributed by atoms with Crippen LogP contribution < -0.4 is 10.6 Å². The summed E-state index contributed by atoms with van der Waals surface area (Å²) in [5.74, 6) is 1.41. The van der Waals surface area contributed by atoms with Crippen molar-refractivity contribution in [1.29, 1.82) is 0 Å². The van der Waals surface area contributed by atoms with Gasteiger partial charge in [-0.25, -0.2) is 4.99 Å². The second-order valence-corrected chi connectivity index (χ2v) is 5.67. The first-order valence-electron chi connectivity index (χ1n) is 7.92. The Labute approximate surface area is 156 Å². The zero-order valence-electron chi connectivity index (χ0n) is 14.5. The molecule has 7 nitrogen and oxygen atoms in total. The van der Waals surface area contributed by atoms with Crippen LogP contribution in [0.3, 0.4) is 0 Å². The van der Waals surface area contributed by atoms with Gasteiger partial charge in [0, 0.05) is 47.5 Å². The van der Waals surface area contributed by atoms with Crippen molar-refractivity contribution in [3.63, 3.8) is 0 Å². The number of guanidine groups is 1. The van der Waals surface area contributed by atoms with E-state index in [1.54, 1.807) is 21.2 Å². The molecule has 1 saturated carbocycles. The van der Waals surface area contributed by atoms with Crippen LogP contribution in [0.25, 0.3) is 0 Å². The summed E-state index contributed by atoms with van der Waals surface area (Å²) in [6.07, 6.45) is 3.55. The van der Waals surface area contributed by atoms with Gasteiger partial charge in [0.05, 0.1) is 6.61 Å². The molecular formula is C15H31IN4O3. The van der Waals surface area contributed by atoms with E-state index in [0.29, 0.717) is 19.1 Å². The van der Waals surface area contributed by atoms with Gasteiger partial charge in [0.1, 0.15) is 6.54 Å². The summed E-state index contributed by atoms with van der Waals surface area (Å²) in [4.78, 5) is 17.4. The summed E-state index contributed by atoms with van der Waals surface area (Å²) in [6, 6.07) is 0. The minimum Gasteiger partial charge on any atom is -0.383 e. The number of nitrogens with zero attached hydrogens (tertiary/aromatic N) is 2. The minimum atomic E-state index is -0.0272. The third-order valence-electron chi connectivity index (χ3n) is 3.28. The third kappa shape index (κ3) is 12.5. The number of nitrogens with one attached hydrogen (secondary N) is 2. The SMILES string of the molecule is COCCNC(=NCC(=O)N(C)C)NCCCOCC1CC1.I. The molecule has 0 spiro atoms. The van der Waals surface area contributed by atoms with Crippen LogP contribution in [0.2, 0.25) is 0 Å². The van der Waals surface area contributed by atoms with Crippen LogP contribution in [0.1, 0.15) is 19.3 Å². The molecule has 136 valence electrons. The second-order valence-electron chi connectivity index (χ2n) is 5.67. The first-order chi connectivity index (χ1) is 10.6. The molecule has 1 fully saturated rings. The average Bonchev–Trinajstić information content (AvgIpc) is 3.31. The molecule has 0 radical (unpaired) electrons. The Hall–Kier alpha value is -0.610. The van der Waals surface area contributed by atoms with Crippen LogP contribution in [0, 0.1) is 5.92 Å². The van der Waals surface area contributed by atoms with E-state index in [2.05, 4.69) is 15.6 Å². The van der Waals surface area contributed by atoms with E-state index < -0.39 is 0 Å². The van der Waals surface area contributed by atoms with Gasteiger partial charge in [-0.1, -0.05) is 0 Å². The van der Waals surface area contributed by atoms with E-state index in [4.69, 9.17) is 9.47 Å². The number of hydrogen-bond acceptors (Lipinski definition) is 4. The molecule has 8 heteroatoms. The maximum absolute atomic E-state index is 11.6. The highest BCUT2D eigenvalue weighted by molar-refractivity contribution is 14.0. The summed E-state index contributed by atoms with van der Waals surface area (Å²) < 4.78 is 10.6. The average molecular weight is 442 g/mol.